The number of hydrogen-bond acceptors (Lipinski definition) is 2. The van der Waals surface area contributed by atoms with E-state index in [2.05, 4.69) is 6.92 Å². The Balaban J connectivity index is 3.09. The monoisotopic (exact) mass is 132 g/mol. The van der Waals surface area contributed by atoms with Crippen LogP contribution in [0.25, 0.3) is 0 Å². The molecule has 0 N–H and O–H groups in total. The van der Waals surface area contributed by atoms with Crippen LogP contribution < -0.4 is 0 Å². The highest BCUT2D eigenvalue weighted by Crippen LogP contribution is 2.03. The molecule has 0 rings (SSSR count). The van der Waals surface area contributed by atoms with Crippen LogP contribution in [0.15, 0.2) is 0 Å². The molecule has 2 nitrogen and oxygen atoms in total. The minimum Gasteiger partial charge on any atom is -0.356 e. The van der Waals surface area contributed by atoms with Crippen molar-refractivity contribution in [2.24, 2.45) is 0 Å². The summed E-state index contributed by atoms with van der Waals surface area (Å²) in [6.45, 7) is 2.16. The molecule has 0 heterocycles. The van der Waals surface area contributed by atoms with E-state index in [0.717, 1.165) is 6.42 Å². The van der Waals surface area contributed by atoms with E-state index in [0.29, 0.717) is 0 Å². The van der Waals surface area contributed by atoms with Crippen molar-refractivity contribution in [3.8, 4) is 0 Å². The van der Waals surface area contributed by atoms with Crippen LogP contribution in [0.5, 0.6) is 0 Å². The molecule has 0 aliphatic carbocycles. The Morgan fingerprint density at radius 3 is 2.11 bits per heavy atom. The topological polar surface area (TPSA) is 18.5 Å². The summed E-state index contributed by atoms with van der Waals surface area (Å²) in [4.78, 5) is 0. The molecule has 56 valence electrons. The van der Waals surface area contributed by atoms with Gasteiger partial charge in [0.25, 0.3) is 0 Å². The van der Waals surface area contributed by atoms with Crippen LogP contribution in [0.2, 0.25) is 0 Å². The first kappa shape index (κ1) is 8.92. The molecule has 0 aliphatic rings. The highest BCUT2D eigenvalue weighted by Gasteiger charge is 2.01. The molecule has 2 heteroatoms. The molecule has 0 aliphatic heterocycles. The molecule has 9 heavy (non-hydrogen) atoms. The maximum atomic E-state index is 4.98. The second kappa shape index (κ2) is 6.05. The van der Waals surface area contributed by atoms with Gasteiger partial charge in [-0.05, 0) is 12.8 Å². The molecular formula is C7H16O2. The van der Waals surface area contributed by atoms with Crippen molar-refractivity contribution >= 4 is 0 Å². The molecule has 0 aromatic rings. The fourth-order valence-electron chi connectivity index (χ4n) is 0.703. The third kappa shape index (κ3) is 4.43. The number of hydrogen-bond donors (Lipinski definition) is 0. The predicted molar refractivity (Wildman–Crippen MR) is 37.3 cm³/mol. The van der Waals surface area contributed by atoms with Gasteiger partial charge in [0.1, 0.15) is 0 Å². The number of unbranched alkanes of at least 4 members (excludes halogenated alkanes) is 1. The van der Waals surface area contributed by atoms with E-state index >= 15 is 0 Å². The second-order valence-corrected chi connectivity index (χ2v) is 2.04. The molecule has 0 radical (unpaired) electrons. The van der Waals surface area contributed by atoms with E-state index in [9.17, 15) is 0 Å². The van der Waals surface area contributed by atoms with Crippen LogP contribution in [-0.2, 0) is 9.47 Å². The molecule has 0 aromatic heterocycles. The van der Waals surface area contributed by atoms with Gasteiger partial charge >= 0.3 is 0 Å². The van der Waals surface area contributed by atoms with Crippen molar-refractivity contribution in [3.05, 3.63) is 0 Å². The van der Waals surface area contributed by atoms with E-state index < -0.39 is 0 Å². The number of rotatable bonds is 5. The lowest BCUT2D eigenvalue weighted by atomic mass is 10.2. The summed E-state index contributed by atoms with van der Waals surface area (Å²) in [6.07, 6.45) is 3.38. The first-order valence-electron chi connectivity index (χ1n) is 3.40. The van der Waals surface area contributed by atoms with Gasteiger partial charge in [0.15, 0.2) is 6.29 Å². The molecule has 0 atom stereocenters. The van der Waals surface area contributed by atoms with E-state index in [1.165, 1.54) is 12.8 Å². The van der Waals surface area contributed by atoms with Gasteiger partial charge in [-0.2, -0.15) is 0 Å². The van der Waals surface area contributed by atoms with Crippen molar-refractivity contribution in [1.82, 2.24) is 0 Å². The van der Waals surface area contributed by atoms with E-state index in [4.69, 9.17) is 9.47 Å². The normalized spacial score (nSPS) is 10.7. The Morgan fingerprint density at radius 2 is 1.78 bits per heavy atom. The van der Waals surface area contributed by atoms with Gasteiger partial charge < -0.3 is 9.47 Å². The first-order valence-corrected chi connectivity index (χ1v) is 3.40. The van der Waals surface area contributed by atoms with Crippen LogP contribution in [0.4, 0.5) is 0 Å². The van der Waals surface area contributed by atoms with Crippen LogP contribution in [-0.4, -0.2) is 20.5 Å². The van der Waals surface area contributed by atoms with Gasteiger partial charge in [-0.25, -0.2) is 0 Å². The summed E-state index contributed by atoms with van der Waals surface area (Å²) < 4.78 is 9.96. The Kier molecular flexibility index (Phi) is 5.99. The Hall–Kier alpha value is -0.0800. The SMILES string of the molecule is CCCCC(OC)OC. The molecule has 0 amide bonds. The average Bonchev–Trinajstić information content (AvgIpc) is 1.91. The summed E-state index contributed by atoms with van der Waals surface area (Å²) in [6, 6.07) is 0. The predicted octanol–water partition coefficient (Wildman–Crippen LogP) is 1.80. The smallest absolute Gasteiger partial charge is 0.156 e. The second-order valence-electron chi connectivity index (χ2n) is 2.04. The summed E-state index contributed by atoms with van der Waals surface area (Å²) in [5.41, 5.74) is 0. The largest absolute Gasteiger partial charge is 0.356 e. The fourth-order valence-corrected chi connectivity index (χ4v) is 0.703. The van der Waals surface area contributed by atoms with Crippen LogP contribution in [0.1, 0.15) is 26.2 Å². The zero-order valence-corrected chi connectivity index (χ0v) is 6.52. The summed E-state index contributed by atoms with van der Waals surface area (Å²) in [5.74, 6) is 0. The van der Waals surface area contributed by atoms with Crippen molar-refractivity contribution < 1.29 is 9.47 Å². The van der Waals surface area contributed by atoms with E-state index in [1.54, 1.807) is 14.2 Å². The molecule has 0 saturated heterocycles. The standard InChI is InChI=1S/C7H16O2/c1-4-5-6-7(8-2)9-3/h7H,4-6H2,1-3H3. The molecule has 0 aromatic carbocycles. The fraction of sp³-hybridized carbons (Fsp3) is 1.00. The minimum atomic E-state index is 0.00458. The van der Waals surface area contributed by atoms with Gasteiger partial charge in [-0.3, -0.25) is 0 Å². The summed E-state index contributed by atoms with van der Waals surface area (Å²) >= 11 is 0. The molecular weight excluding hydrogens is 116 g/mol. The van der Waals surface area contributed by atoms with Crippen molar-refractivity contribution in [2.75, 3.05) is 14.2 Å². The third-order valence-electron chi connectivity index (χ3n) is 1.32. The minimum absolute atomic E-state index is 0.00458. The maximum absolute atomic E-state index is 4.98. The maximum Gasteiger partial charge on any atom is 0.156 e. The van der Waals surface area contributed by atoms with Crippen molar-refractivity contribution in [3.63, 3.8) is 0 Å². The molecule has 0 saturated carbocycles. The van der Waals surface area contributed by atoms with E-state index in [1.807, 2.05) is 0 Å². The lowest BCUT2D eigenvalue weighted by Gasteiger charge is -2.11. The van der Waals surface area contributed by atoms with E-state index in [-0.39, 0.29) is 6.29 Å². The first-order chi connectivity index (χ1) is 4.35. The highest BCUT2D eigenvalue weighted by atomic mass is 16.7. The Morgan fingerprint density at radius 1 is 1.22 bits per heavy atom. The van der Waals surface area contributed by atoms with Crippen LogP contribution in [0.3, 0.4) is 0 Å². The lowest BCUT2D eigenvalue weighted by molar-refractivity contribution is -0.107. The Bertz CT molecular complexity index is 50.9. The zero-order chi connectivity index (χ0) is 7.11. The molecule has 0 fully saturated rings. The average molecular weight is 132 g/mol. The molecule has 0 spiro atoms. The summed E-state index contributed by atoms with van der Waals surface area (Å²) in [7, 11) is 3.34. The zero-order valence-electron chi connectivity index (χ0n) is 6.52. The molecule has 0 bridgehead atoms. The lowest BCUT2D eigenvalue weighted by Crippen LogP contribution is -2.11. The van der Waals surface area contributed by atoms with Crippen molar-refractivity contribution in [1.29, 1.82) is 0 Å². The van der Waals surface area contributed by atoms with Gasteiger partial charge in [0.2, 0.25) is 0 Å². The van der Waals surface area contributed by atoms with Gasteiger partial charge in [-0.15, -0.1) is 0 Å². The third-order valence-corrected chi connectivity index (χ3v) is 1.32. The van der Waals surface area contributed by atoms with Gasteiger partial charge in [0, 0.05) is 14.2 Å². The number of methoxy groups -OCH3 is 2. The van der Waals surface area contributed by atoms with Gasteiger partial charge in [-0.1, -0.05) is 13.3 Å². The van der Waals surface area contributed by atoms with Crippen molar-refractivity contribution in [2.45, 2.75) is 32.5 Å². The number of ether oxygens (including phenoxy) is 2. The highest BCUT2D eigenvalue weighted by molar-refractivity contribution is 4.41. The van der Waals surface area contributed by atoms with Gasteiger partial charge in [0.05, 0.1) is 0 Å². The Labute approximate surface area is 57.2 Å². The molecule has 0 unspecified atom stereocenters. The van der Waals surface area contributed by atoms with Crippen LogP contribution >= 0.6 is 0 Å². The van der Waals surface area contributed by atoms with Crippen LogP contribution in [0, 0.1) is 0 Å². The summed E-state index contributed by atoms with van der Waals surface area (Å²) in [5, 5.41) is 0. The quantitative estimate of drug-likeness (QED) is 0.531.